The van der Waals surface area contributed by atoms with Gasteiger partial charge in [0.15, 0.2) is 21.3 Å². The first-order chi connectivity index (χ1) is 12.6. The van der Waals surface area contributed by atoms with E-state index < -0.39 is 44.0 Å². The van der Waals surface area contributed by atoms with Crippen LogP contribution in [0.3, 0.4) is 0 Å². The normalized spacial score (nSPS) is 12.6. The number of aromatic nitrogens is 1. The van der Waals surface area contributed by atoms with Crippen LogP contribution in [-0.2, 0) is 21.1 Å². The number of hydrogen-bond acceptors (Lipinski definition) is 6. The van der Waals surface area contributed by atoms with Gasteiger partial charge in [-0.15, -0.1) is 0 Å². The number of benzene rings is 1. The van der Waals surface area contributed by atoms with E-state index in [2.05, 4.69) is 10.3 Å². The minimum Gasteiger partial charge on any atom is -0.504 e. The maximum Gasteiger partial charge on any atom is 0.274 e. The van der Waals surface area contributed by atoms with Crippen molar-refractivity contribution in [3.05, 3.63) is 53.1 Å². The van der Waals surface area contributed by atoms with Gasteiger partial charge in [0, 0.05) is 19.4 Å². The maximum atomic E-state index is 12.9. The molecule has 7 nitrogen and oxygen atoms in total. The number of carbonyl (C=O) groups is 1. The summed E-state index contributed by atoms with van der Waals surface area (Å²) in [7, 11) is -3.80. The number of aromatic hydroxyl groups is 1. The molecule has 0 aliphatic rings. The number of halogens is 1. The Morgan fingerprint density at radius 3 is 2.52 bits per heavy atom. The zero-order chi connectivity index (χ0) is 20.2. The highest BCUT2D eigenvalue weighted by Gasteiger charge is 2.25. The highest BCUT2D eigenvalue weighted by atomic mass is 32.2. The Kier molecular flexibility index (Phi) is 6.50. The zero-order valence-electron chi connectivity index (χ0n) is 15.2. The molecule has 1 aromatic carbocycles. The number of nitrogens with one attached hydrogen (secondary N) is 1. The van der Waals surface area contributed by atoms with E-state index in [0.29, 0.717) is 12.2 Å². The van der Waals surface area contributed by atoms with Crippen molar-refractivity contribution >= 4 is 15.7 Å². The van der Waals surface area contributed by atoms with Crippen LogP contribution in [0.4, 0.5) is 4.39 Å². The molecule has 27 heavy (non-hydrogen) atoms. The van der Waals surface area contributed by atoms with Crippen LogP contribution >= 0.6 is 0 Å². The van der Waals surface area contributed by atoms with Gasteiger partial charge in [-0.2, -0.15) is 0 Å². The largest absolute Gasteiger partial charge is 0.504 e. The Morgan fingerprint density at radius 1 is 1.33 bits per heavy atom. The third kappa shape index (κ3) is 5.24. The monoisotopic (exact) mass is 396 g/mol. The summed E-state index contributed by atoms with van der Waals surface area (Å²) in [6, 6.07) is 6.70. The molecular formula is C18H21FN2O5S. The number of amides is 1. The molecule has 1 heterocycles. The quantitative estimate of drug-likeness (QED) is 0.744. The fourth-order valence-electron chi connectivity index (χ4n) is 2.39. The van der Waals surface area contributed by atoms with Crippen LogP contribution in [0, 0.1) is 5.82 Å². The Balaban J connectivity index is 2.36. The molecular weight excluding hydrogens is 375 g/mol. The summed E-state index contributed by atoms with van der Waals surface area (Å²) < 4.78 is 42.3. The molecule has 146 valence electrons. The molecule has 1 atom stereocenters. The van der Waals surface area contributed by atoms with Gasteiger partial charge in [0.25, 0.3) is 5.91 Å². The van der Waals surface area contributed by atoms with E-state index in [1.165, 1.54) is 30.3 Å². The second-order valence-electron chi connectivity index (χ2n) is 5.92. The van der Waals surface area contributed by atoms with Gasteiger partial charge in [0.2, 0.25) is 0 Å². The van der Waals surface area contributed by atoms with Crippen molar-refractivity contribution in [2.75, 3.05) is 12.9 Å². The topological polar surface area (TPSA) is 106 Å². The van der Waals surface area contributed by atoms with E-state index in [-0.39, 0.29) is 12.2 Å². The molecule has 1 amide bonds. The van der Waals surface area contributed by atoms with E-state index >= 15 is 0 Å². The molecule has 0 spiro atoms. The SMILES string of the molecule is CCOC(C)c1cc(S(C)(=O)=O)c(O)c(C(=O)NCc2ccc(F)cc2)n1. The molecule has 0 saturated carbocycles. The van der Waals surface area contributed by atoms with Crippen LogP contribution in [0.2, 0.25) is 0 Å². The van der Waals surface area contributed by atoms with Gasteiger partial charge in [-0.25, -0.2) is 17.8 Å². The second kappa shape index (κ2) is 8.45. The van der Waals surface area contributed by atoms with Gasteiger partial charge in [0.1, 0.15) is 10.7 Å². The molecule has 1 aromatic heterocycles. The van der Waals surface area contributed by atoms with Crippen molar-refractivity contribution in [3.63, 3.8) is 0 Å². The van der Waals surface area contributed by atoms with Gasteiger partial charge < -0.3 is 15.2 Å². The van der Waals surface area contributed by atoms with Gasteiger partial charge in [-0.1, -0.05) is 12.1 Å². The molecule has 0 bridgehead atoms. The zero-order valence-corrected chi connectivity index (χ0v) is 16.0. The van der Waals surface area contributed by atoms with Crippen molar-refractivity contribution in [1.82, 2.24) is 10.3 Å². The number of sulfone groups is 1. The summed E-state index contributed by atoms with van der Waals surface area (Å²) in [5, 5.41) is 12.8. The Morgan fingerprint density at radius 2 is 1.96 bits per heavy atom. The molecule has 2 aromatic rings. The summed E-state index contributed by atoms with van der Waals surface area (Å²) in [5.74, 6) is -1.88. The van der Waals surface area contributed by atoms with E-state index in [1.54, 1.807) is 13.8 Å². The fourth-order valence-corrected chi connectivity index (χ4v) is 3.17. The van der Waals surface area contributed by atoms with Crippen LogP contribution in [-0.4, -0.2) is 37.3 Å². The number of rotatable bonds is 7. The lowest BCUT2D eigenvalue weighted by Crippen LogP contribution is -2.25. The van der Waals surface area contributed by atoms with Crippen molar-refractivity contribution in [2.24, 2.45) is 0 Å². The Bertz CT molecular complexity index is 930. The summed E-state index contributed by atoms with van der Waals surface area (Å²) in [6.45, 7) is 3.85. The molecule has 1 unspecified atom stereocenters. The minimum atomic E-state index is -3.80. The number of ether oxygens (including phenoxy) is 1. The van der Waals surface area contributed by atoms with Crippen molar-refractivity contribution in [2.45, 2.75) is 31.4 Å². The molecule has 0 radical (unpaired) electrons. The standard InChI is InChI=1S/C18H21FN2O5S/c1-4-26-11(2)14-9-15(27(3,24)25)17(22)16(21-14)18(23)20-10-12-5-7-13(19)8-6-12/h5-9,11,22H,4,10H2,1-3H3,(H,20,23). The van der Waals surface area contributed by atoms with Crippen LogP contribution in [0.15, 0.2) is 35.2 Å². The average molecular weight is 396 g/mol. The molecule has 0 aliphatic heterocycles. The first kappa shape index (κ1) is 20.8. The van der Waals surface area contributed by atoms with Gasteiger partial charge >= 0.3 is 0 Å². The summed E-state index contributed by atoms with van der Waals surface area (Å²) in [5.41, 5.74) is 0.426. The molecule has 0 saturated heterocycles. The van der Waals surface area contributed by atoms with Gasteiger partial charge in [-0.3, -0.25) is 4.79 Å². The fraction of sp³-hybridized carbons (Fsp3) is 0.333. The molecule has 0 aliphatic carbocycles. The predicted molar refractivity (Wildman–Crippen MR) is 96.6 cm³/mol. The molecule has 9 heteroatoms. The third-order valence-electron chi connectivity index (χ3n) is 3.79. The van der Waals surface area contributed by atoms with Crippen molar-refractivity contribution in [3.8, 4) is 5.75 Å². The van der Waals surface area contributed by atoms with Crippen LogP contribution in [0.1, 0.15) is 41.7 Å². The highest BCUT2D eigenvalue weighted by molar-refractivity contribution is 7.90. The smallest absolute Gasteiger partial charge is 0.274 e. The molecule has 2 rings (SSSR count). The summed E-state index contributed by atoms with van der Waals surface area (Å²) in [4.78, 5) is 16.2. The summed E-state index contributed by atoms with van der Waals surface area (Å²) in [6.07, 6.45) is 0.358. The maximum absolute atomic E-state index is 12.9. The van der Waals surface area contributed by atoms with Crippen molar-refractivity contribution < 1.29 is 27.4 Å². The first-order valence-corrected chi connectivity index (χ1v) is 10.1. The lowest BCUT2D eigenvalue weighted by Gasteiger charge is -2.15. The van der Waals surface area contributed by atoms with Crippen LogP contribution in [0.25, 0.3) is 0 Å². The number of carbonyl (C=O) groups excluding carboxylic acids is 1. The van der Waals surface area contributed by atoms with E-state index in [0.717, 1.165) is 6.26 Å². The second-order valence-corrected chi connectivity index (χ2v) is 7.91. The van der Waals surface area contributed by atoms with Gasteiger partial charge in [0.05, 0.1) is 11.8 Å². The lowest BCUT2D eigenvalue weighted by molar-refractivity contribution is 0.0727. The minimum absolute atomic E-state index is 0.0552. The van der Waals surface area contributed by atoms with E-state index in [4.69, 9.17) is 4.74 Å². The van der Waals surface area contributed by atoms with Gasteiger partial charge in [-0.05, 0) is 37.6 Å². The summed E-state index contributed by atoms with van der Waals surface area (Å²) >= 11 is 0. The first-order valence-electron chi connectivity index (χ1n) is 8.21. The average Bonchev–Trinajstić information content (AvgIpc) is 2.60. The molecule has 2 N–H and O–H groups in total. The number of pyridine rings is 1. The number of hydrogen-bond donors (Lipinski definition) is 2. The third-order valence-corrected chi connectivity index (χ3v) is 4.90. The lowest BCUT2D eigenvalue weighted by atomic mass is 10.2. The predicted octanol–water partition coefficient (Wildman–Crippen LogP) is 2.36. The number of nitrogens with zero attached hydrogens (tertiary/aromatic N) is 1. The van der Waals surface area contributed by atoms with Crippen molar-refractivity contribution in [1.29, 1.82) is 0 Å². The Hall–Kier alpha value is -2.52. The Labute approximate surface area is 157 Å². The van der Waals surface area contributed by atoms with Crippen LogP contribution < -0.4 is 5.32 Å². The van der Waals surface area contributed by atoms with E-state index in [1.807, 2.05) is 0 Å². The van der Waals surface area contributed by atoms with Crippen LogP contribution in [0.5, 0.6) is 5.75 Å². The highest BCUT2D eigenvalue weighted by Crippen LogP contribution is 2.29. The molecule has 0 fully saturated rings. The van der Waals surface area contributed by atoms with E-state index in [9.17, 15) is 22.7 Å².